The first-order valence-electron chi connectivity index (χ1n) is 7.65. The van der Waals surface area contributed by atoms with Gasteiger partial charge in [-0.3, -0.25) is 0 Å². The van der Waals surface area contributed by atoms with E-state index in [0.29, 0.717) is 24.5 Å². The minimum Gasteiger partial charge on any atom is -0.464 e. The first-order chi connectivity index (χ1) is 9.79. The first-order valence-corrected chi connectivity index (χ1v) is 7.65. The number of ether oxygens (including phenoxy) is 1. The average molecular weight is 295 g/mol. The van der Waals surface area contributed by atoms with E-state index in [-0.39, 0.29) is 11.5 Å². The molecule has 0 aliphatic carbocycles. The lowest BCUT2D eigenvalue weighted by molar-refractivity contribution is 0.307. The number of anilines is 2. The molecule has 1 aromatic heterocycles. The Hall–Kier alpha value is -1.59. The van der Waals surface area contributed by atoms with Crippen LogP contribution in [0.25, 0.3) is 0 Å². The fraction of sp³-hybridized carbons (Fsp3) is 0.800. The number of hydrogen-bond donors (Lipinski definition) is 1. The Morgan fingerprint density at radius 3 is 2.38 bits per heavy atom. The van der Waals surface area contributed by atoms with Crippen molar-refractivity contribution in [3.63, 3.8) is 0 Å². The topological polar surface area (TPSA) is 63.2 Å². The molecule has 0 saturated carbocycles. The summed E-state index contributed by atoms with van der Waals surface area (Å²) in [4.78, 5) is 15.3. The van der Waals surface area contributed by atoms with Crippen molar-refractivity contribution >= 4 is 11.9 Å². The summed E-state index contributed by atoms with van der Waals surface area (Å²) in [5.41, 5.74) is 0.129. The fourth-order valence-corrected chi connectivity index (χ4v) is 1.77. The highest BCUT2D eigenvalue weighted by molar-refractivity contribution is 5.39. The number of hydrogen-bond acceptors (Lipinski definition) is 6. The maximum absolute atomic E-state index is 5.45. The summed E-state index contributed by atoms with van der Waals surface area (Å²) in [5, 5.41) is 3.20. The summed E-state index contributed by atoms with van der Waals surface area (Å²) in [6, 6.07) is 0.655. The Labute approximate surface area is 128 Å². The molecule has 21 heavy (non-hydrogen) atoms. The van der Waals surface area contributed by atoms with Crippen LogP contribution in [0.15, 0.2) is 0 Å². The zero-order valence-electron chi connectivity index (χ0n) is 14.4. The molecular weight excluding hydrogens is 266 g/mol. The van der Waals surface area contributed by atoms with E-state index in [9.17, 15) is 0 Å². The molecule has 0 aromatic carbocycles. The zero-order valence-corrected chi connectivity index (χ0v) is 14.4. The highest BCUT2D eigenvalue weighted by atomic mass is 16.5. The maximum Gasteiger partial charge on any atom is 0.323 e. The second-order valence-corrected chi connectivity index (χ2v) is 6.25. The van der Waals surface area contributed by atoms with Crippen molar-refractivity contribution in [2.45, 2.75) is 54.0 Å². The van der Waals surface area contributed by atoms with Gasteiger partial charge < -0.3 is 15.0 Å². The molecule has 0 fully saturated rings. The van der Waals surface area contributed by atoms with Gasteiger partial charge in [-0.25, -0.2) is 0 Å². The fourth-order valence-electron chi connectivity index (χ4n) is 1.77. The van der Waals surface area contributed by atoms with Gasteiger partial charge in [-0.1, -0.05) is 27.7 Å². The molecule has 1 unspecified atom stereocenters. The van der Waals surface area contributed by atoms with Gasteiger partial charge >= 0.3 is 6.01 Å². The second kappa shape index (κ2) is 7.43. The Morgan fingerprint density at radius 2 is 1.86 bits per heavy atom. The SMILES string of the molecule is CCCNc1nc(OCC)nc(N(C)C(C)C(C)(C)C)n1. The number of nitrogens with one attached hydrogen (secondary N) is 1. The molecule has 1 rings (SSSR count). The van der Waals surface area contributed by atoms with E-state index in [1.807, 2.05) is 14.0 Å². The maximum atomic E-state index is 5.45. The van der Waals surface area contributed by atoms with E-state index in [0.717, 1.165) is 13.0 Å². The van der Waals surface area contributed by atoms with Crippen molar-refractivity contribution in [1.29, 1.82) is 0 Å². The largest absolute Gasteiger partial charge is 0.464 e. The highest BCUT2D eigenvalue weighted by Crippen LogP contribution is 2.26. The molecule has 1 atom stereocenters. The van der Waals surface area contributed by atoms with E-state index in [2.05, 4.69) is 59.8 Å². The van der Waals surface area contributed by atoms with E-state index >= 15 is 0 Å². The van der Waals surface area contributed by atoms with Crippen LogP contribution >= 0.6 is 0 Å². The second-order valence-electron chi connectivity index (χ2n) is 6.25. The van der Waals surface area contributed by atoms with Crippen LogP contribution in [0.5, 0.6) is 6.01 Å². The minimum atomic E-state index is 0.129. The normalized spacial score (nSPS) is 12.9. The molecule has 120 valence electrons. The Balaban J connectivity index is 3.06. The van der Waals surface area contributed by atoms with Crippen LogP contribution in [0.4, 0.5) is 11.9 Å². The summed E-state index contributed by atoms with van der Waals surface area (Å²) < 4.78 is 5.45. The van der Waals surface area contributed by atoms with Crippen molar-refractivity contribution < 1.29 is 4.74 Å². The number of aromatic nitrogens is 3. The molecule has 0 bridgehead atoms. The summed E-state index contributed by atoms with van der Waals surface area (Å²) >= 11 is 0. The van der Waals surface area contributed by atoms with Gasteiger partial charge in [-0.2, -0.15) is 15.0 Å². The van der Waals surface area contributed by atoms with Crippen LogP contribution in [-0.4, -0.2) is 41.2 Å². The van der Waals surface area contributed by atoms with Crippen molar-refractivity contribution in [2.75, 3.05) is 30.4 Å². The van der Waals surface area contributed by atoms with Gasteiger partial charge in [0.2, 0.25) is 11.9 Å². The van der Waals surface area contributed by atoms with Gasteiger partial charge in [0.15, 0.2) is 0 Å². The summed E-state index contributed by atoms with van der Waals surface area (Å²) in [5.74, 6) is 1.20. The summed E-state index contributed by atoms with van der Waals surface area (Å²) in [7, 11) is 2.00. The Bertz CT molecular complexity index is 444. The van der Waals surface area contributed by atoms with Gasteiger partial charge in [0.1, 0.15) is 0 Å². The van der Waals surface area contributed by atoms with Crippen LogP contribution < -0.4 is 15.0 Å². The molecule has 1 aromatic rings. The quantitative estimate of drug-likeness (QED) is 0.834. The van der Waals surface area contributed by atoms with Crippen LogP contribution in [0, 0.1) is 5.41 Å². The number of rotatable bonds is 7. The van der Waals surface area contributed by atoms with Gasteiger partial charge in [0.25, 0.3) is 0 Å². The molecule has 0 radical (unpaired) electrons. The van der Waals surface area contributed by atoms with Crippen molar-refractivity contribution in [1.82, 2.24) is 15.0 Å². The summed E-state index contributed by atoms with van der Waals surface area (Å²) in [6.07, 6.45) is 1.01. The van der Waals surface area contributed by atoms with Crippen LogP contribution in [0.1, 0.15) is 48.0 Å². The van der Waals surface area contributed by atoms with E-state index < -0.39 is 0 Å². The van der Waals surface area contributed by atoms with E-state index in [1.165, 1.54) is 0 Å². The Kier molecular flexibility index (Phi) is 6.18. The van der Waals surface area contributed by atoms with Crippen LogP contribution in [-0.2, 0) is 0 Å². The molecule has 0 amide bonds. The van der Waals surface area contributed by atoms with E-state index in [1.54, 1.807) is 0 Å². The molecule has 0 aliphatic rings. The lowest BCUT2D eigenvalue weighted by Crippen LogP contribution is -2.40. The molecule has 1 N–H and O–H groups in total. The third-order valence-electron chi connectivity index (χ3n) is 3.56. The third-order valence-corrected chi connectivity index (χ3v) is 3.56. The average Bonchev–Trinajstić information content (AvgIpc) is 2.42. The minimum absolute atomic E-state index is 0.129. The first kappa shape index (κ1) is 17.5. The standard InChI is InChI=1S/C15H29N5O/c1-8-10-16-12-17-13(19-14(18-12)21-9-2)20(7)11(3)15(4,5)6/h11H,8-10H2,1-7H3,(H,16,17,18,19). The predicted molar refractivity (Wildman–Crippen MR) is 87.1 cm³/mol. The molecule has 0 aliphatic heterocycles. The lowest BCUT2D eigenvalue weighted by Gasteiger charge is -2.35. The van der Waals surface area contributed by atoms with E-state index in [4.69, 9.17) is 4.74 Å². The van der Waals surface area contributed by atoms with Crippen LogP contribution in [0.2, 0.25) is 0 Å². The molecule has 0 saturated heterocycles. The number of nitrogens with zero attached hydrogens (tertiary/aromatic N) is 4. The zero-order chi connectivity index (χ0) is 16.0. The predicted octanol–water partition coefficient (Wildman–Crippen LogP) is 2.96. The molecule has 6 nitrogen and oxygen atoms in total. The van der Waals surface area contributed by atoms with Gasteiger partial charge in [0.05, 0.1) is 6.61 Å². The smallest absolute Gasteiger partial charge is 0.323 e. The Morgan fingerprint density at radius 1 is 1.19 bits per heavy atom. The molecular formula is C15H29N5O. The third kappa shape index (κ3) is 5.02. The van der Waals surface area contributed by atoms with Crippen molar-refractivity contribution in [2.24, 2.45) is 5.41 Å². The molecule has 1 heterocycles. The molecule has 6 heteroatoms. The van der Waals surface area contributed by atoms with Crippen LogP contribution in [0.3, 0.4) is 0 Å². The van der Waals surface area contributed by atoms with Gasteiger partial charge in [0, 0.05) is 19.6 Å². The highest BCUT2D eigenvalue weighted by Gasteiger charge is 2.26. The van der Waals surface area contributed by atoms with Crippen molar-refractivity contribution in [3.8, 4) is 6.01 Å². The monoisotopic (exact) mass is 295 g/mol. The van der Waals surface area contributed by atoms with Crippen molar-refractivity contribution in [3.05, 3.63) is 0 Å². The van der Waals surface area contributed by atoms with Gasteiger partial charge in [-0.15, -0.1) is 0 Å². The lowest BCUT2D eigenvalue weighted by atomic mass is 9.87. The van der Waals surface area contributed by atoms with Gasteiger partial charge in [-0.05, 0) is 25.7 Å². The summed E-state index contributed by atoms with van der Waals surface area (Å²) in [6.45, 7) is 14.2. The molecule has 0 spiro atoms.